The quantitative estimate of drug-likeness (QED) is 0.438. The van der Waals surface area contributed by atoms with Crippen molar-refractivity contribution >= 4 is 11.9 Å². The summed E-state index contributed by atoms with van der Waals surface area (Å²) >= 11 is 0. The van der Waals surface area contributed by atoms with Gasteiger partial charge >= 0.3 is 11.9 Å². The molecule has 0 N–H and O–H groups in total. The zero-order chi connectivity index (χ0) is 17.4. The molecule has 2 rings (SSSR count). The number of carbonyl (C=O) groups is 2. The largest absolute Gasteiger partial charge is 0.497 e. The summed E-state index contributed by atoms with van der Waals surface area (Å²) in [5.41, 5.74) is 0.756. The zero-order valence-electron chi connectivity index (χ0n) is 13.8. The summed E-state index contributed by atoms with van der Waals surface area (Å²) in [5, 5.41) is 0. The van der Waals surface area contributed by atoms with Crippen LogP contribution in [0.15, 0.2) is 48.5 Å². The van der Waals surface area contributed by atoms with Gasteiger partial charge in [0.25, 0.3) is 0 Å². The number of ether oxygens (including phenoxy) is 3. The molecule has 2 aromatic rings. The highest BCUT2D eigenvalue weighted by Crippen LogP contribution is 2.20. The third-order valence-electron chi connectivity index (χ3n) is 3.34. The maximum Gasteiger partial charge on any atom is 0.343 e. The van der Waals surface area contributed by atoms with Crippen molar-refractivity contribution in [3.8, 4) is 11.5 Å². The van der Waals surface area contributed by atoms with E-state index < -0.39 is 11.9 Å². The molecule has 5 heteroatoms. The van der Waals surface area contributed by atoms with Gasteiger partial charge in [-0.2, -0.15) is 0 Å². The Morgan fingerprint density at radius 3 is 2.17 bits per heavy atom. The Hall–Kier alpha value is -2.82. The molecule has 0 aliphatic carbocycles. The molecule has 0 amide bonds. The van der Waals surface area contributed by atoms with Crippen molar-refractivity contribution in [3.63, 3.8) is 0 Å². The summed E-state index contributed by atoms with van der Waals surface area (Å²) < 4.78 is 15.5. The molecule has 2 aromatic carbocycles. The zero-order valence-corrected chi connectivity index (χ0v) is 13.8. The van der Waals surface area contributed by atoms with Crippen molar-refractivity contribution in [3.05, 3.63) is 59.7 Å². The van der Waals surface area contributed by atoms with E-state index in [1.807, 2.05) is 6.92 Å². The number of benzene rings is 2. The van der Waals surface area contributed by atoms with Crippen LogP contribution in [0.25, 0.3) is 0 Å². The van der Waals surface area contributed by atoms with Gasteiger partial charge in [0.2, 0.25) is 0 Å². The number of esters is 2. The Balaban J connectivity index is 1.99. The van der Waals surface area contributed by atoms with Gasteiger partial charge in [-0.15, -0.1) is 0 Å². The Morgan fingerprint density at radius 1 is 0.917 bits per heavy atom. The highest BCUT2D eigenvalue weighted by atomic mass is 16.5. The van der Waals surface area contributed by atoms with E-state index >= 15 is 0 Å². The molecule has 0 saturated carbocycles. The molecule has 0 aliphatic heterocycles. The van der Waals surface area contributed by atoms with E-state index in [4.69, 9.17) is 14.2 Å². The van der Waals surface area contributed by atoms with Crippen LogP contribution in [0.2, 0.25) is 0 Å². The number of unbranched alkanes of at least 4 members (excludes halogenated alkanes) is 1. The van der Waals surface area contributed by atoms with Crippen molar-refractivity contribution < 1.29 is 23.8 Å². The Labute approximate surface area is 141 Å². The van der Waals surface area contributed by atoms with Crippen LogP contribution in [0.3, 0.4) is 0 Å². The molecule has 0 aliphatic rings. The summed E-state index contributed by atoms with van der Waals surface area (Å²) in [7, 11) is 1.54. The van der Waals surface area contributed by atoms with Gasteiger partial charge in [0, 0.05) is 6.07 Å². The molecular formula is C19H20O5. The van der Waals surface area contributed by atoms with Gasteiger partial charge in [0.1, 0.15) is 11.5 Å². The van der Waals surface area contributed by atoms with Crippen LogP contribution < -0.4 is 9.47 Å². The average molecular weight is 328 g/mol. The first-order valence-corrected chi connectivity index (χ1v) is 7.77. The van der Waals surface area contributed by atoms with E-state index in [2.05, 4.69) is 0 Å². The van der Waals surface area contributed by atoms with Gasteiger partial charge in [-0.1, -0.05) is 19.4 Å². The first-order valence-electron chi connectivity index (χ1n) is 7.77. The summed E-state index contributed by atoms with van der Waals surface area (Å²) in [6.07, 6.45) is 1.79. The van der Waals surface area contributed by atoms with Gasteiger partial charge in [0.15, 0.2) is 0 Å². The van der Waals surface area contributed by atoms with Gasteiger partial charge in [-0.3, -0.25) is 0 Å². The fourth-order valence-electron chi connectivity index (χ4n) is 1.97. The molecule has 0 radical (unpaired) electrons. The highest BCUT2D eigenvalue weighted by molar-refractivity contribution is 5.94. The smallest absolute Gasteiger partial charge is 0.343 e. The van der Waals surface area contributed by atoms with Crippen LogP contribution in [-0.4, -0.2) is 25.7 Å². The fraction of sp³-hybridized carbons (Fsp3) is 0.263. The van der Waals surface area contributed by atoms with Gasteiger partial charge in [0.05, 0.1) is 24.8 Å². The van der Waals surface area contributed by atoms with Gasteiger partial charge in [-0.05, 0) is 42.8 Å². The molecule has 5 nitrogen and oxygen atoms in total. The Morgan fingerprint density at radius 2 is 1.54 bits per heavy atom. The van der Waals surface area contributed by atoms with Crippen LogP contribution >= 0.6 is 0 Å². The molecule has 0 bridgehead atoms. The van der Waals surface area contributed by atoms with Crippen molar-refractivity contribution in [2.75, 3.05) is 13.7 Å². The first kappa shape index (κ1) is 17.5. The predicted molar refractivity (Wildman–Crippen MR) is 89.6 cm³/mol. The minimum atomic E-state index is -0.505. The monoisotopic (exact) mass is 328 g/mol. The van der Waals surface area contributed by atoms with Crippen molar-refractivity contribution in [2.24, 2.45) is 0 Å². The second-order valence-electron chi connectivity index (χ2n) is 5.14. The molecule has 0 fully saturated rings. The van der Waals surface area contributed by atoms with E-state index in [9.17, 15) is 9.59 Å². The molecule has 0 unspecified atom stereocenters. The molecule has 0 heterocycles. The molecule has 24 heavy (non-hydrogen) atoms. The minimum absolute atomic E-state index is 0.350. The number of hydrogen-bond acceptors (Lipinski definition) is 5. The maximum atomic E-state index is 12.1. The highest BCUT2D eigenvalue weighted by Gasteiger charge is 2.12. The normalized spacial score (nSPS) is 10.1. The predicted octanol–water partition coefficient (Wildman–Crippen LogP) is 3.87. The van der Waals surface area contributed by atoms with E-state index in [0.717, 1.165) is 12.8 Å². The molecule has 0 saturated heterocycles. The fourth-order valence-corrected chi connectivity index (χ4v) is 1.97. The van der Waals surface area contributed by atoms with Gasteiger partial charge < -0.3 is 14.2 Å². The lowest BCUT2D eigenvalue weighted by molar-refractivity contribution is 0.0499. The van der Waals surface area contributed by atoms with E-state index in [-0.39, 0.29) is 0 Å². The first-order chi connectivity index (χ1) is 11.6. The maximum absolute atomic E-state index is 12.1. The average Bonchev–Trinajstić information content (AvgIpc) is 2.62. The van der Waals surface area contributed by atoms with Crippen molar-refractivity contribution in [1.82, 2.24) is 0 Å². The topological polar surface area (TPSA) is 61.8 Å². The second kappa shape index (κ2) is 8.72. The van der Waals surface area contributed by atoms with Crippen LogP contribution in [-0.2, 0) is 4.74 Å². The van der Waals surface area contributed by atoms with Crippen LogP contribution in [0.5, 0.6) is 11.5 Å². The summed E-state index contributed by atoms with van der Waals surface area (Å²) in [5.74, 6) is 0.0955. The third-order valence-corrected chi connectivity index (χ3v) is 3.34. The van der Waals surface area contributed by atoms with E-state index in [1.165, 1.54) is 0 Å². The Bertz CT molecular complexity index is 691. The summed E-state index contributed by atoms with van der Waals surface area (Å²) in [6.45, 7) is 2.42. The molecule has 0 atom stereocenters. The SMILES string of the molecule is CCCCOC(=O)c1ccc(C(=O)Oc2cccc(OC)c2)cc1. The lowest BCUT2D eigenvalue weighted by Gasteiger charge is -2.07. The van der Waals surface area contributed by atoms with Crippen LogP contribution in [0.4, 0.5) is 0 Å². The van der Waals surface area contributed by atoms with Crippen LogP contribution in [0, 0.1) is 0 Å². The minimum Gasteiger partial charge on any atom is -0.497 e. The number of methoxy groups -OCH3 is 1. The number of hydrogen-bond donors (Lipinski definition) is 0. The lowest BCUT2D eigenvalue weighted by atomic mass is 10.1. The van der Waals surface area contributed by atoms with Crippen molar-refractivity contribution in [2.45, 2.75) is 19.8 Å². The Kier molecular flexibility index (Phi) is 6.37. The van der Waals surface area contributed by atoms with E-state index in [0.29, 0.717) is 29.2 Å². The molecule has 126 valence electrons. The summed E-state index contributed by atoms with van der Waals surface area (Å²) in [6, 6.07) is 13.0. The molecule has 0 spiro atoms. The van der Waals surface area contributed by atoms with Crippen molar-refractivity contribution in [1.29, 1.82) is 0 Å². The second-order valence-corrected chi connectivity index (χ2v) is 5.14. The van der Waals surface area contributed by atoms with Gasteiger partial charge in [-0.25, -0.2) is 9.59 Å². The van der Waals surface area contributed by atoms with E-state index in [1.54, 1.807) is 55.6 Å². The van der Waals surface area contributed by atoms with Crippen LogP contribution in [0.1, 0.15) is 40.5 Å². The number of carbonyl (C=O) groups excluding carboxylic acids is 2. The summed E-state index contributed by atoms with van der Waals surface area (Å²) in [4.78, 5) is 23.9. The molecular weight excluding hydrogens is 308 g/mol. The standard InChI is InChI=1S/C19H20O5/c1-3-4-12-23-18(20)14-8-10-15(11-9-14)19(21)24-17-7-5-6-16(13-17)22-2/h5-11,13H,3-4,12H2,1-2H3. The lowest BCUT2D eigenvalue weighted by Crippen LogP contribution is -2.10. The number of rotatable bonds is 7. The molecule has 0 aromatic heterocycles. The third kappa shape index (κ3) is 4.84.